The van der Waals surface area contributed by atoms with Crippen LogP contribution in [0.4, 0.5) is 0 Å². The fourth-order valence-corrected chi connectivity index (χ4v) is 1.25. The highest BCUT2D eigenvalue weighted by Gasteiger charge is 2.12. The first-order chi connectivity index (χ1) is 7.13. The van der Waals surface area contributed by atoms with Gasteiger partial charge in [0, 0.05) is 6.04 Å². The second-order valence-corrected chi connectivity index (χ2v) is 3.17. The Morgan fingerprint density at radius 2 is 2.33 bits per heavy atom. The summed E-state index contributed by atoms with van der Waals surface area (Å²) in [7, 11) is 0. The van der Waals surface area contributed by atoms with Crippen LogP contribution >= 0.6 is 0 Å². The molecule has 15 heavy (non-hydrogen) atoms. The Balaban J connectivity index is 4.36. The predicted octanol–water partition coefficient (Wildman–Crippen LogP) is 1.95. The number of hydrogen-bond acceptors (Lipinski definition) is 3. The molecule has 84 valence electrons. The van der Waals surface area contributed by atoms with Crippen molar-refractivity contribution in [2.75, 3.05) is 0 Å². The largest absolute Gasteiger partial charge is 0.481 e. The molecular weight excluding hydrogens is 192 g/mol. The van der Waals surface area contributed by atoms with Gasteiger partial charge in [-0.3, -0.25) is 4.79 Å². The van der Waals surface area contributed by atoms with Crippen molar-refractivity contribution < 1.29 is 9.90 Å². The normalized spacial score (nSPS) is 13.0. The maximum absolute atomic E-state index is 10.6. The van der Waals surface area contributed by atoms with Crippen LogP contribution in [0.2, 0.25) is 0 Å². The molecular formula is C11H18N2O2. The number of nitrogens with one attached hydrogen (secondary N) is 1. The number of carboxylic acids is 1. The van der Waals surface area contributed by atoms with Crippen molar-refractivity contribution in [1.82, 2.24) is 5.32 Å². The molecule has 0 fully saturated rings. The van der Waals surface area contributed by atoms with Crippen LogP contribution in [0.5, 0.6) is 0 Å². The van der Waals surface area contributed by atoms with Crippen molar-refractivity contribution in [3.05, 3.63) is 24.6 Å². The van der Waals surface area contributed by atoms with E-state index >= 15 is 0 Å². The highest BCUT2D eigenvalue weighted by atomic mass is 16.4. The first-order valence-electron chi connectivity index (χ1n) is 4.91. The van der Waals surface area contributed by atoms with Crippen molar-refractivity contribution in [2.45, 2.75) is 32.2 Å². The smallest absolute Gasteiger partial charge is 0.305 e. The first-order valence-corrected chi connectivity index (χ1v) is 4.91. The van der Waals surface area contributed by atoms with E-state index < -0.39 is 5.97 Å². The Kier molecular flexibility index (Phi) is 6.97. The summed E-state index contributed by atoms with van der Waals surface area (Å²) in [5.74, 6) is -0.257. The molecule has 0 aromatic carbocycles. The van der Waals surface area contributed by atoms with Gasteiger partial charge in [0.1, 0.15) is 5.82 Å². The zero-order chi connectivity index (χ0) is 11.7. The molecule has 0 aromatic rings. The van der Waals surface area contributed by atoms with E-state index in [1.807, 2.05) is 6.92 Å². The second kappa shape index (κ2) is 7.79. The minimum absolute atomic E-state index is 0.0812. The molecule has 0 saturated carbocycles. The van der Waals surface area contributed by atoms with Crippen molar-refractivity contribution >= 4 is 12.7 Å². The summed E-state index contributed by atoms with van der Waals surface area (Å²) in [6.07, 6.45) is 5.04. The Morgan fingerprint density at radius 3 is 2.73 bits per heavy atom. The average Bonchev–Trinajstić information content (AvgIpc) is 2.16. The lowest BCUT2D eigenvalue weighted by Crippen LogP contribution is -2.30. The summed E-state index contributed by atoms with van der Waals surface area (Å²) in [6, 6.07) is -0.107. The van der Waals surface area contributed by atoms with Gasteiger partial charge in [0.25, 0.3) is 0 Å². The minimum atomic E-state index is -0.817. The molecule has 4 nitrogen and oxygen atoms in total. The van der Waals surface area contributed by atoms with Gasteiger partial charge in [-0.25, -0.2) is 4.99 Å². The Labute approximate surface area is 90.4 Å². The molecule has 0 aliphatic rings. The zero-order valence-electron chi connectivity index (χ0n) is 9.07. The topological polar surface area (TPSA) is 61.7 Å². The van der Waals surface area contributed by atoms with Crippen LogP contribution in [0.25, 0.3) is 0 Å². The van der Waals surface area contributed by atoms with Crippen LogP contribution in [0.3, 0.4) is 0 Å². The van der Waals surface area contributed by atoms with Gasteiger partial charge in [-0.15, -0.1) is 0 Å². The fourth-order valence-electron chi connectivity index (χ4n) is 1.25. The molecule has 2 N–H and O–H groups in total. The van der Waals surface area contributed by atoms with E-state index in [0.717, 1.165) is 12.8 Å². The molecule has 4 heteroatoms. The Bertz CT molecular complexity index is 259. The summed E-state index contributed by atoms with van der Waals surface area (Å²) in [4.78, 5) is 14.3. The lowest BCUT2D eigenvalue weighted by molar-refractivity contribution is -0.137. The number of carbonyl (C=O) groups is 1. The Morgan fingerprint density at radius 1 is 1.67 bits per heavy atom. The summed E-state index contributed by atoms with van der Waals surface area (Å²) >= 11 is 0. The van der Waals surface area contributed by atoms with E-state index in [0.29, 0.717) is 5.82 Å². The third-order valence-electron chi connectivity index (χ3n) is 1.86. The Hall–Kier alpha value is -1.58. The first kappa shape index (κ1) is 13.4. The summed E-state index contributed by atoms with van der Waals surface area (Å²) in [6.45, 7) is 8.95. The maximum atomic E-state index is 10.6. The number of nitrogens with zero attached hydrogens (tertiary/aromatic N) is 1. The lowest BCUT2D eigenvalue weighted by Gasteiger charge is -2.16. The third kappa shape index (κ3) is 6.49. The van der Waals surface area contributed by atoms with Crippen molar-refractivity contribution in [3.63, 3.8) is 0 Å². The molecule has 1 unspecified atom stereocenters. The molecule has 0 amide bonds. The van der Waals surface area contributed by atoms with Crippen molar-refractivity contribution in [2.24, 2.45) is 4.99 Å². The molecule has 0 aliphatic heterocycles. The van der Waals surface area contributed by atoms with Gasteiger partial charge in [-0.05, 0) is 19.2 Å². The molecule has 0 rings (SSSR count). The van der Waals surface area contributed by atoms with Gasteiger partial charge in [0.05, 0.1) is 6.42 Å². The van der Waals surface area contributed by atoms with Gasteiger partial charge in [-0.2, -0.15) is 0 Å². The van der Waals surface area contributed by atoms with Crippen LogP contribution in [-0.2, 0) is 4.79 Å². The van der Waals surface area contributed by atoms with Crippen LogP contribution in [0.1, 0.15) is 26.2 Å². The van der Waals surface area contributed by atoms with Gasteiger partial charge < -0.3 is 10.4 Å². The highest BCUT2D eigenvalue weighted by Crippen LogP contribution is 2.05. The van der Waals surface area contributed by atoms with E-state index in [-0.39, 0.29) is 12.5 Å². The number of carboxylic acid groups (broad SMARTS) is 1. The van der Waals surface area contributed by atoms with E-state index in [9.17, 15) is 4.79 Å². The molecule has 1 atom stereocenters. The number of allylic oxidation sites excluding steroid dienone is 2. The van der Waals surface area contributed by atoms with E-state index in [1.54, 1.807) is 12.2 Å². The molecule has 0 saturated heterocycles. The summed E-state index contributed by atoms with van der Waals surface area (Å²) in [5.41, 5.74) is 0. The van der Waals surface area contributed by atoms with E-state index in [1.165, 1.54) is 0 Å². The van der Waals surface area contributed by atoms with E-state index in [2.05, 4.69) is 23.6 Å². The average molecular weight is 210 g/mol. The number of aliphatic imine (C=N–C) groups is 1. The number of hydrogen-bond donors (Lipinski definition) is 2. The summed E-state index contributed by atoms with van der Waals surface area (Å²) < 4.78 is 0. The molecule has 0 radical (unpaired) electrons. The number of rotatable bonds is 8. The molecule has 0 aromatic heterocycles. The standard InChI is InChI=1S/C11H18N2O2/c1-4-6-9(8-11(14)15)13-10(12-3)7-5-2/h5,7,9,13H,2-4,6,8H2,1H3,(H,14,15)/b10-7+. The SMILES string of the molecule is C=C/C=C(\N=C)NC(CCC)CC(=O)O. The predicted molar refractivity (Wildman–Crippen MR) is 61.9 cm³/mol. The third-order valence-corrected chi connectivity index (χ3v) is 1.86. The van der Waals surface area contributed by atoms with Crippen LogP contribution in [0, 0.1) is 0 Å². The minimum Gasteiger partial charge on any atom is -0.481 e. The van der Waals surface area contributed by atoms with Crippen molar-refractivity contribution in [1.29, 1.82) is 0 Å². The van der Waals surface area contributed by atoms with Crippen LogP contribution in [-0.4, -0.2) is 23.8 Å². The number of aliphatic carboxylic acids is 1. The second-order valence-electron chi connectivity index (χ2n) is 3.17. The van der Waals surface area contributed by atoms with Gasteiger partial charge >= 0.3 is 5.97 Å². The molecule has 0 heterocycles. The lowest BCUT2D eigenvalue weighted by atomic mass is 10.1. The van der Waals surface area contributed by atoms with Crippen LogP contribution in [0.15, 0.2) is 29.5 Å². The van der Waals surface area contributed by atoms with Gasteiger partial charge in [0.2, 0.25) is 0 Å². The summed E-state index contributed by atoms with van der Waals surface area (Å²) in [5, 5.41) is 11.7. The van der Waals surface area contributed by atoms with Gasteiger partial charge in [0.15, 0.2) is 0 Å². The molecule has 0 spiro atoms. The maximum Gasteiger partial charge on any atom is 0.305 e. The highest BCUT2D eigenvalue weighted by molar-refractivity contribution is 5.67. The monoisotopic (exact) mass is 210 g/mol. The fraction of sp³-hybridized carbons (Fsp3) is 0.455. The molecule has 0 aliphatic carbocycles. The van der Waals surface area contributed by atoms with E-state index in [4.69, 9.17) is 5.11 Å². The molecule has 0 bridgehead atoms. The quantitative estimate of drug-likeness (QED) is 0.475. The zero-order valence-corrected chi connectivity index (χ0v) is 9.07. The van der Waals surface area contributed by atoms with Crippen molar-refractivity contribution in [3.8, 4) is 0 Å². The van der Waals surface area contributed by atoms with Gasteiger partial charge in [-0.1, -0.05) is 26.0 Å². The van der Waals surface area contributed by atoms with Crippen LogP contribution < -0.4 is 5.32 Å².